The van der Waals surface area contributed by atoms with E-state index in [-0.39, 0.29) is 11.3 Å². The van der Waals surface area contributed by atoms with Gasteiger partial charge in [-0.2, -0.15) is 0 Å². The summed E-state index contributed by atoms with van der Waals surface area (Å²) < 4.78 is 5.30. The molecule has 3 heteroatoms. The van der Waals surface area contributed by atoms with Crippen LogP contribution in [0.1, 0.15) is 32.6 Å². The van der Waals surface area contributed by atoms with E-state index in [0.29, 0.717) is 5.78 Å². The number of rotatable bonds is 2. The third-order valence-corrected chi connectivity index (χ3v) is 3.78. The van der Waals surface area contributed by atoms with Gasteiger partial charge in [-0.25, -0.2) is 0 Å². The molecule has 0 radical (unpaired) electrons. The molecule has 1 N–H and O–H groups in total. The van der Waals surface area contributed by atoms with Crippen molar-refractivity contribution < 1.29 is 9.53 Å². The maximum absolute atomic E-state index is 12.4. The van der Waals surface area contributed by atoms with Crippen LogP contribution in [0.15, 0.2) is 0 Å². The molecule has 0 amide bonds. The molecule has 2 saturated heterocycles. The van der Waals surface area contributed by atoms with Gasteiger partial charge in [-0.1, -0.05) is 6.92 Å². The summed E-state index contributed by atoms with van der Waals surface area (Å²) in [6.45, 7) is 5.58. The molecule has 2 fully saturated rings. The molecule has 15 heavy (non-hydrogen) atoms. The predicted octanol–water partition coefficient (Wildman–Crippen LogP) is 1.37. The summed E-state index contributed by atoms with van der Waals surface area (Å²) in [5.41, 5.74) is -0.111. The van der Waals surface area contributed by atoms with Gasteiger partial charge in [0.05, 0.1) is 0 Å². The van der Waals surface area contributed by atoms with Gasteiger partial charge in [0.2, 0.25) is 0 Å². The molecule has 0 aromatic carbocycles. The largest absolute Gasteiger partial charge is 0.381 e. The average Bonchev–Trinajstić information content (AvgIpc) is 2.30. The maximum Gasteiger partial charge on any atom is 0.143 e. The van der Waals surface area contributed by atoms with Crippen LogP contribution in [-0.2, 0) is 9.53 Å². The lowest BCUT2D eigenvalue weighted by molar-refractivity contribution is -0.135. The summed E-state index contributed by atoms with van der Waals surface area (Å²) in [5, 5.41) is 3.34. The number of hydrogen-bond donors (Lipinski definition) is 1. The quantitative estimate of drug-likeness (QED) is 0.749. The minimum Gasteiger partial charge on any atom is -0.381 e. The normalized spacial score (nSPS) is 33.9. The van der Waals surface area contributed by atoms with Crippen LogP contribution < -0.4 is 5.32 Å². The van der Waals surface area contributed by atoms with Crippen LogP contribution >= 0.6 is 0 Å². The van der Waals surface area contributed by atoms with E-state index in [4.69, 9.17) is 4.74 Å². The Labute approximate surface area is 91.6 Å². The molecule has 2 aliphatic heterocycles. The first-order valence-corrected chi connectivity index (χ1v) is 6.05. The zero-order valence-electron chi connectivity index (χ0n) is 9.55. The van der Waals surface area contributed by atoms with Crippen LogP contribution in [0, 0.1) is 11.3 Å². The summed E-state index contributed by atoms with van der Waals surface area (Å²) in [4.78, 5) is 12.4. The lowest BCUT2D eigenvalue weighted by atomic mass is 9.72. The Morgan fingerprint density at radius 2 is 2.13 bits per heavy atom. The molecule has 0 bridgehead atoms. The topological polar surface area (TPSA) is 38.3 Å². The van der Waals surface area contributed by atoms with E-state index in [0.717, 1.165) is 52.0 Å². The minimum absolute atomic E-state index is 0.111. The van der Waals surface area contributed by atoms with Crippen molar-refractivity contribution in [2.24, 2.45) is 11.3 Å². The molecule has 1 unspecified atom stereocenters. The highest BCUT2D eigenvalue weighted by Gasteiger charge is 2.38. The standard InChI is InChI=1S/C12H21NO2/c1-12(5-2-6-13-9-12)11(14)10-3-7-15-8-4-10/h10,13H,2-9H2,1H3. The fraction of sp³-hybridized carbons (Fsp3) is 0.917. The van der Waals surface area contributed by atoms with E-state index in [1.807, 2.05) is 0 Å². The molecule has 2 aliphatic rings. The highest BCUT2D eigenvalue weighted by atomic mass is 16.5. The van der Waals surface area contributed by atoms with Gasteiger partial charge in [0.1, 0.15) is 5.78 Å². The van der Waals surface area contributed by atoms with Crippen molar-refractivity contribution >= 4 is 5.78 Å². The summed E-state index contributed by atoms with van der Waals surface area (Å²) in [7, 11) is 0. The zero-order valence-corrected chi connectivity index (χ0v) is 9.55. The molecule has 0 saturated carbocycles. The Balaban J connectivity index is 1.98. The Kier molecular flexibility index (Phi) is 3.42. The Bertz CT molecular complexity index is 228. The second-order valence-corrected chi connectivity index (χ2v) is 5.09. The summed E-state index contributed by atoms with van der Waals surface area (Å²) in [6, 6.07) is 0. The van der Waals surface area contributed by atoms with Gasteiger partial charge in [-0.15, -0.1) is 0 Å². The van der Waals surface area contributed by atoms with Crippen molar-refractivity contribution in [2.45, 2.75) is 32.6 Å². The van der Waals surface area contributed by atoms with Gasteiger partial charge >= 0.3 is 0 Å². The van der Waals surface area contributed by atoms with E-state index in [2.05, 4.69) is 12.2 Å². The van der Waals surface area contributed by atoms with Crippen LogP contribution in [-0.4, -0.2) is 32.1 Å². The molecule has 3 nitrogen and oxygen atoms in total. The highest BCUT2D eigenvalue weighted by molar-refractivity contribution is 5.87. The first-order valence-electron chi connectivity index (χ1n) is 6.05. The van der Waals surface area contributed by atoms with Crippen molar-refractivity contribution in [3.63, 3.8) is 0 Å². The zero-order chi connectivity index (χ0) is 10.7. The lowest BCUT2D eigenvalue weighted by Gasteiger charge is -2.36. The molecular weight excluding hydrogens is 190 g/mol. The van der Waals surface area contributed by atoms with E-state index >= 15 is 0 Å². The van der Waals surface area contributed by atoms with Gasteiger partial charge < -0.3 is 10.1 Å². The second-order valence-electron chi connectivity index (χ2n) is 5.09. The van der Waals surface area contributed by atoms with Crippen molar-refractivity contribution in [3.05, 3.63) is 0 Å². The molecule has 2 heterocycles. The van der Waals surface area contributed by atoms with Crippen LogP contribution in [0.2, 0.25) is 0 Å². The number of ketones is 1. The monoisotopic (exact) mass is 211 g/mol. The average molecular weight is 211 g/mol. The Morgan fingerprint density at radius 3 is 2.73 bits per heavy atom. The second kappa shape index (κ2) is 4.62. The van der Waals surface area contributed by atoms with E-state index in [1.165, 1.54) is 0 Å². The van der Waals surface area contributed by atoms with E-state index in [1.54, 1.807) is 0 Å². The fourth-order valence-electron chi connectivity index (χ4n) is 2.72. The van der Waals surface area contributed by atoms with Crippen LogP contribution in [0.5, 0.6) is 0 Å². The predicted molar refractivity (Wildman–Crippen MR) is 58.8 cm³/mol. The molecule has 1 atom stereocenters. The number of Topliss-reactive ketones (excluding diaryl/α,β-unsaturated/α-hetero) is 1. The first-order chi connectivity index (χ1) is 7.22. The van der Waals surface area contributed by atoms with Gasteiger partial charge in [0.25, 0.3) is 0 Å². The van der Waals surface area contributed by atoms with E-state index < -0.39 is 0 Å². The molecule has 0 spiro atoms. The summed E-state index contributed by atoms with van der Waals surface area (Å²) >= 11 is 0. The number of carbonyl (C=O) groups is 1. The highest BCUT2D eigenvalue weighted by Crippen LogP contribution is 2.32. The third kappa shape index (κ3) is 2.40. The number of carbonyl (C=O) groups excluding carboxylic acids is 1. The van der Waals surface area contributed by atoms with Crippen LogP contribution in [0.25, 0.3) is 0 Å². The van der Waals surface area contributed by atoms with Crippen molar-refractivity contribution in [3.8, 4) is 0 Å². The minimum atomic E-state index is -0.111. The lowest BCUT2D eigenvalue weighted by Crippen LogP contribution is -2.46. The maximum atomic E-state index is 12.4. The number of piperidine rings is 1. The van der Waals surface area contributed by atoms with Gasteiger partial charge in [0, 0.05) is 31.1 Å². The number of nitrogens with one attached hydrogen (secondary N) is 1. The number of hydrogen-bond acceptors (Lipinski definition) is 3. The van der Waals surface area contributed by atoms with Gasteiger partial charge in [0.15, 0.2) is 0 Å². The van der Waals surface area contributed by atoms with Crippen molar-refractivity contribution in [1.29, 1.82) is 0 Å². The summed E-state index contributed by atoms with van der Waals surface area (Å²) in [5.74, 6) is 0.724. The molecule has 2 rings (SSSR count). The first kappa shape index (κ1) is 11.1. The molecule has 0 aromatic heterocycles. The van der Waals surface area contributed by atoms with Crippen LogP contribution in [0.3, 0.4) is 0 Å². The smallest absolute Gasteiger partial charge is 0.143 e. The van der Waals surface area contributed by atoms with Crippen molar-refractivity contribution in [2.75, 3.05) is 26.3 Å². The van der Waals surface area contributed by atoms with Gasteiger partial charge in [-0.3, -0.25) is 4.79 Å². The molecule has 0 aromatic rings. The van der Waals surface area contributed by atoms with Crippen LogP contribution in [0.4, 0.5) is 0 Å². The molecule has 0 aliphatic carbocycles. The van der Waals surface area contributed by atoms with Crippen molar-refractivity contribution in [1.82, 2.24) is 5.32 Å². The Hall–Kier alpha value is -0.410. The Morgan fingerprint density at radius 1 is 1.40 bits per heavy atom. The van der Waals surface area contributed by atoms with E-state index in [9.17, 15) is 4.79 Å². The third-order valence-electron chi connectivity index (χ3n) is 3.78. The molecular formula is C12H21NO2. The van der Waals surface area contributed by atoms with Gasteiger partial charge in [-0.05, 0) is 32.2 Å². The fourth-order valence-corrected chi connectivity index (χ4v) is 2.72. The summed E-state index contributed by atoms with van der Waals surface area (Å²) in [6.07, 6.45) is 4.03. The number of ether oxygens (including phenoxy) is 1. The molecule has 86 valence electrons. The SMILES string of the molecule is CC1(C(=O)C2CCOCC2)CCCNC1.